The summed E-state index contributed by atoms with van der Waals surface area (Å²) >= 11 is 0. The summed E-state index contributed by atoms with van der Waals surface area (Å²) in [4.78, 5) is 0. The van der Waals surface area contributed by atoms with Crippen molar-refractivity contribution in [3.63, 3.8) is 0 Å². The number of nitrogens with two attached hydrogens (primary N) is 1. The van der Waals surface area contributed by atoms with E-state index in [0.717, 1.165) is 29.9 Å². The van der Waals surface area contributed by atoms with E-state index in [2.05, 4.69) is 74.6 Å². The van der Waals surface area contributed by atoms with Gasteiger partial charge in [0.2, 0.25) is 0 Å². The summed E-state index contributed by atoms with van der Waals surface area (Å²) in [6, 6.07) is 16.9. The number of nitrogens with one attached hydrogen (secondary N) is 1. The second-order valence-electron chi connectivity index (χ2n) is 6.99. The van der Waals surface area contributed by atoms with E-state index in [0.29, 0.717) is 0 Å². The van der Waals surface area contributed by atoms with E-state index in [4.69, 9.17) is 10.6 Å². The highest BCUT2D eigenvalue weighted by Crippen LogP contribution is 2.38. The Balaban J connectivity index is 2.32. The molecular formula is C22H29N3O. The molecule has 3 N–H and O–H groups in total. The average Bonchev–Trinajstić information content (AvgIpc) is 2.60. The first-order valence-corrected chi connectivity index (χ1v) is 9.32. The average molecular weight is 351 g/mol. The van der Waals surface area contributed by atoms with Gasteiger partial charge in [0.05, 0.1) is 23.6 Å². The molecule has 0 saturated heterocycles. The van der Waals surface area contributed by atoms with Crippen molar-refractivity contribution in [2.75, 3.05) is 13.6 Å². The van der Waals surface area contributed by atoms with E-state index < -0.39 is 0 Å². The number of nitrogens with zero attached hydrogens (tertiary/aromatic N) is 1. The number of hydrogen-bond acceptors (Lipinski definition) is 4. The molecule has 0 heterocycles. The predicted octanol–water partition coefficient (Wildman–Crippen LogP) is 3.95. The van der Waals surface area contributed by atoms with Crippen LogP contribution < -0.4 is 11.2 Å². The Labute approximate surface area is 156 Å². The van der Waals surface area contributed by atoms with Gasteiger partial charge in [-0.2, -0.15) is 0 Å². The molecule has 1 atom stereocenters. The quantitative estimate of drug-likeness (QED) is 0.633. The summed E-state index contributed by atoms with van der Waals surface area (Å²) in [5, 5.41) is 5.27. The molecule has 0 fully saturated rings. The van der Waals surface area contributed by atoms with Crippen LogP contribution in [0.2, 0.25) is 0 Å². The van der Waals surface area contributed by atoms with Gasteiger partial charge in [0, 0.05) is 31.1 Å². The Morgan fingerprint density at radius 1 is 1.12 bits per heavy atom. The lowest BCUT2D eigenvalue weighted by Gasteiger charge is -2.32. The van der Waals surface area contributed by atoms with Crippen LogP contribution in [0.1, 0.15) is 49.1 Å². The molecule has 4 nitrogen and oxygen atoms in total. The molecule has 0 aromatic heterocycles. The van der Waals surface area contributed by atoms with Crippen molar-refractivity contribution in [2.45, 2.75) is 39.4 Å². The SMILES string of the molecule is CCN/C1=C(\N(C)N)c2ccccc2C(OC(C)C)Cc2ccccc21. The monoisotopic (exact) mass is 351 g/mol. The van der Waals surface area contributed by atoms with Crippen molar-refractivity contribution in [1.29, 1.82) is 0 Å². The Kier molecular flexibility index (Phi) is 5.64. The lowest BCUT2D eigenvalue weighted by atomic mass is 9.87. The van der Waals surface area contributed by atoms with E-state index in [-0.39, 0.29) is 12.2 Å². The summed E-state index contributed by atoms with van der Waals surface area (Å²) in [6.45, 7) is 7.11. The molecule has 0 bridgehead atoms. The van der Waals surface area contributed by atoms with Crippen molar-refractivity contribution >= 4 is 11.4 Å². The first kappa shape index (κ1) is 18.5. The van der Waals surface area contributed by atoms with Crippen LogP contribution in [0.3, 0.4) is 0 Å². The summed E-state index contributed by atoms with van der Waals surface area (Å²) < 4.78 is 6.33. The number of fused-ring (bicyclic) bond motifs is 2. The fourth-order valence-corrected chi connectivity index (χ4v) is 3.68. The van der Waals surface area contributed by atoms with Crippen LogP contribution in [0.4, 0.5) is 0 Å². The van der Waals surface area contributed by atoms with E-state index in [9.17, 15) is 0 Å². The molecule has 1 unspecified atom stereocenters. The van der Waals surface area contributed by atoms with E-state index in [1.807, 2.05) is 7.05 Å². The number of hydrogen-bond donors (Lipinski definition) is 2. The van der Waals surface area contributed by atoms with Crippen LogP contribution in [-0.2, 0) is 11.2 Å². The fraction of sp³-hybridized carbons (Fsp3) is 0.364. The lowest BCUT2D eigenvalue weighted by Crippen LogP contribution is -2.31. The zero-order valence-electron chi connectivity index (χ0n) is 16.1. The maximum Gasteiger partial charge on any atom is 0.0875 e. The number of rotatable bonds is 5. The van der Waals surface area contributed by atoms with Gasteiger partial charge in [-0.05, 0) is 31.9 Å². The summed E-state index contributed by atoms with van der Waals surface area (Å²) in [7, 11) is 1.89. The smallest absolute Gasteiger partial charge is 0.0875 e. The van der Waals surface area contributed by atoms with Crippen LogP contribution >= 0.6 is 0 Å². The van der Waals surface area contributed by atoms with Gasteiger partial charge in [-0.25, -0.2) is 5.84 Å². The second kappa shape index (κ2) is 7.94. The third kappa shape index (κ3) is 3.62. The van der Waals surface area contributed by atoms with Crippen LogP contribution in [0.5, 0.6) is 0 Å². The molecule has 4 heteroatoms. The predicted molar refractivity (Wildman–Crippen MR) is 108 cm³/mol. The van der Waals surface area contributed by atoms with Crippen LogP contribution in [-0.4, -0.2) is 24.7 Å². The maximum atomic E-state index is 6.33. The van der Waals surface area contributed by atoms with Gasteiger partial charge in [0.1, 0.15) is 0 Å². The van der Waals surface area contributed by atoms with Gasteiger partial charge in [0.25, 0.3) is 0 Å². The second-order valence-corrected chi connectivity index (χ2v) is 6.99. The topological polar surface area (TPSA) is 50.5 Å². The Morgan fingerprint density at radius 3 is 2.42 bits per heavy atom. The first-order chi connectivity index (χ1) is 12.5. The van der Waals surface area contributed by atoms with Gasteiger partial charge in [0.15, 0.2) is 0 Å². The molecular weight excluding hydrogens is 322 g/mol. The van der Waals surface area contributed by atoms with Crippen LogP contribution in [0.15, 0.2) is 48.5 Å². The van der Waals surface area contributed by atoms with Gasteiger partial charge < -0.3 is 15.1 Å². The third-order valence-corrected chi connectivity index (χ3v) is 4.63. The van der Waals surface area contributed by atoms with Crippen LogP contribution in [0.25, 0.3) is 11.4 Å². The van der Waals surface area contributed by atoms with Crippen molar-refractivity contribution in [3.8, 4) is 0 Å². The van der Waals surface area contributed by atoms with Crippen molar-refractivity contribution < 1.29 is 4.74 Å². The van der Waals surface area contributed by atoms with Crippen molar-refractivity contribution in [1.82, 2.24) is 10.3 Å². The van der Waals surface area contributed by atoms with Gasteiger partial charge in [-0.15, -0.1) is 0 Å². The van der Waals surface area contributed by atoms with E-state index in [1.165, 1.54) is 16.7 Å². The number of benzene rings is 2. The van der Waals surface area contributed by atoms with Gasteiger partial charge in [-0.1, -0.05) is 48.5 Å². The molecule has 3 rings (SSSR count). The standard InChI is InChI=1S/C22H29N3O/c1-5-24-21-17-11-7-6-10-16(17)14-20(26-15(2)3)18-12-8-9-13-19(18)22(21)25(4)23/h6-13,15,20,24H,5,14,23H2,1-4H3/b22-21-. The molecule has 26 heavy (non-hydrogen) atoms. The van der Waals surface area contributed by atoms with Crippen molar-refractivity contribution in [2.24, 2.45) is 5.84 Å². The van der Waals surface area contributed by atoms with Gasteiger partial charge >= 0.3 is 0 Å². The molecule has 2 aromatic rings. The van der Waals surface area contributed by atoms with E-state index >= 15 is 0 Å². The summed E-state index contributed by atoms with van der Waals surface area (Å²) in [5.74, 6) is 6.32. The van der Waals surface area contributed by atoms with E-state index in [1.54, 1.807) is 5.01 Å². The summed E-state index contributed by atoms with van der Waals surface area (Å²) in [6.07, 6.45) is 0.975. The maximum absolute atomic E-state index is 6.33. The minimum atomic E-state index is -0.00882. The molecule has 0 amide bonds. The zero-order valence-corrected chi connectivity index (χ0v) is 16.1. The van der Waals surface area contributed by atoms with Gasteiger partial charge in [-0.3, -0.25) is 0 Å². The minimum Gasteiger partial charge on any atom is -0.383 e. The number of ether oxygens (including phenoxy) is 1. The lowest BCUT2D eigenvalue weighted by molar-refractivity contribution is 0.00655. The molecule has 0 radical (unpaired) electrons. The molecule has 2 aromatic carbocycles. The van der Waals surface area contributed by atoms with Crippen molar-refractivity contribution in [3.05, 3.63) is 70.8 Å². The number of hydrazine groups is 1. The fourth-order valence-electron chi connectivity index (χ4n) is 3.68. The molecule has 0 saturated carbocycles. The minimum absolute atomic E-state index is 0.00882. The molecule has 0 aliphatic heterocycles. The Morgan fingerprint density at radius 2 is 1.77 bits per heavy atom. The highest BCUT2D eigenvalue weighted by atomic mass is 16.5. The highest BCUT2D eigenvalue weighted by molar-refractivity contribution is 5.91. The highest BCUT2D eigenvalue weighted by Gasteiger charge is 2.27. The molecule has 1 aliphatic carbocycles. The molecule has 0 spiro atoms. The Hall–Kier alpha value is -2.30. The Bertz CT molecular complexity index is 795. The normalized spacial score (nSPS) is 19.4. The molecule has 138 valence electrons. The first-order valence-electron chi connectivity index (χ1n) is 9.32. The largest absolute Gasteiger partial charge is 0.383 e. The molecule has 1 aliphatic rings. The van der Waals surface area contributed by atoms with Crippen LogP contribution in [0, 0.1) is 0 Å². The summed E-state index contributed by atoms with van der Waals surface area (Å²) in [5.41, 5.74) is 6.82. The zero-order chi connectivity index (χ0) is 18.7. The third-order valence-electron chi connectivity index (χ3n) is 4.63.